The van der Waals surface area contributed by atoms with Crippen LogP contribution in [0.5, 0.6) is 0 Å². The Morgan fingerprint density at radius 1 is 0.234 bits per heavy atom. The third-order valence-electron chi connectivity index (χ3n) is 28.8. The van der Waals surface area contributed by atoms with E-state index in [0.717, 1.165) is 67.8 Å². The molecular formula is C112H144B3BrN2O6. The predicted molar refractivity (Wildman–Crippen MR) is 533 cm³/mol. The monoisotopic (exact) mass is 1730 g/mol. The molecule has 0 spiro atoms. The number of nitrogens with zero attached hydrogens (tertiary/aromatic N) is 2. The van der Waals surface area contributed by atoms with Gasteiger partial charge in [0.25, 0.3) is 0 Å². The Balaban J connectivity index is 0.000000176. The molecule has 0 saturated carbocycles. The molecule has 0 radical (unpaired) electrons. The van der Waals surface area contributed by atoms with Gasteiger partial charge in [-0.3, -0.25) is 0 Å². The Bertz CT molecular complexity index is 4770. The molecule has 0 bridgehead atoms. The highest BCUT2D eigenvalue weighted by molar-refractivity contribution is 9.10. The molecule has 3 fully saturated rings. The van der Waals surface area contributed by atoms with Crippen LogP contribution in [0, 0.1) is 0 Å². The van der Waals surface area contributed by atoms with E-state index >= 15 is 0 Å². The van der Waals surface area contributed by atoms with Crippen molar-refractivity contribution in [2.24, 2.45) is 0 Å². The molecule has 0 N–H and O–H groups in total. The molecule has 0 aromatic heterocycles. The van der Waals surface area contributed by atoms with E-state index in [4.69, 9.17) is 27.9 Å². The lowest BCUT2D eigenvalue weighted by Crippen LogP contribution is -2.41. The fraction of sp³-hybridized carbons (Fsp3) is 0.464. The normalized spacial score (nSPS) is 17.1. The topological polar surface area (TPSA) is 61.9 Å². The summed E-state index contributed by atoms with van der Waals surface area (Å²) < 4.78 is 40.8. The first-order valence-corrected chi connectivity index (χ1v) is 48.8. The molecule has 124 heavy (non-hydrogen) atoms. The van der Waals surface area contributed by atoms with E-state index in [2.05, 4.69) is 367 Å². The van der Waals surface area contributed by atoms with Gasteiger partial charge in [-0.2, -0.15) is 0 Å². The van der Waals surface area contributed by atoms with E-state index in [1.54, 1.807) is 0 Å². The molecule has 5 aliphatic rings. The third-order valence-corrected chi connectivity index (χ3v) is 29.3. The molecule has 12 heteroatoms. The van der Waals surface area contributed by atoms with Crippen molar-refractivity contribution in [3.05, 3.63) is 269 Å². The van der Waals surface area contributed by atoms with E-state index in [1.807, 2.05) is 12.1 Å². The highest BCUT2D eigenvalue weighted by atomic mass is 79.9. The van der Waals surface area contributed by atoms with Crippen molar-refractivity contribution in [2.75, 3.05) is 9.80 Å². The number of rotatable bonds is 38. The SMILES string of the molecule is Brc1ccc(N(c2ccccc2)c2ccccc2)cc1.CCCCCCCCC1(CCCCCCCC)c2cc(B3OC(C)(C)C(C)(C)O3)ccc2-c2ccc(-c3ccc(N(c4ccccc4)c4ccccc4)cc3)cc21.CCCCCCCCC1(CCCCCCCC)c2cc(B3OC(C)(C)C(C)(C)O3)ccc2-c2ccc(B3OC(C)(C)C(C)(C)O3)cc21. The number of unbranched alkanes of at least 4 members (excludes halogenated alkanes) is 20. The molecule has 0 atom stereocenters. The molecule has 10 aromatic carbocycles. The number of hydrogen-bond acceptors (Lipinski definition) is 8. The minimum atomic E-state index is -0.378. The lowest BCUT2D eigenvalue weighted by atomic mass is 9.67. The van der Waals surface area contributed by atoms with Crippen LogP contribution >= 0.6 is 15.9 Å². The van der Waals surface area contributed by atoms with E-state index in [1.165, 1.54) is 223 Å². The average Bonchev–Trinajstić information content (AvgIpc) is 1.56. The van der Waals surface area contributed by atoms with Crippen molar-refractivity contribution >= 4 is 87.8 Å². The van der Waals surface area contributed by atoms with Crippen LogP contribution in [0.15, 0.2) is 247 Å². The van der Waals surface area contributed by atoms with E-state index < -0.39 is 0 Å². The molecule has 0 unspecified atom stereocenters. The quantitative estimate of drug-likeness (QED) is 0.0280. The Labute approximate surface area is 758 Å². The van der Waals surface area contributed by atoms with Gasteiger partial charge in [-0.15, -0.1) is 0 Å². The molecule has 2 aliphatic carbocycles. The van der Waals surface area contributed by atoms with Crippen molar-refractivity contribution in [2.45, 2.75) is 335 Å². The van der Waals surface area contributed by atoms with E-state index in [0.29, 0.717) is 0 Å². The number of anilines is 6. The smallest absolute Gasteiger partial charge is 0.399 e. The zero-order valence-electron chi connectivity index (χ0n) is 78.3. The maximum atomic E-state index is 6.66. The maximum absolute atomic E-state index is 6.66. The molecule has 0 amide bonds. The summed E-state index contributed by atoms with van der Waals surface area (Å²) in [4.78, 5) is 4.58. The van der Waals surface area contributed by atoms with Crippen LogP contribution in [0.2, 0.25) is 0 Å². The zero-order chi connectivity index (χ0) is 87.8. The summed E-state index contributed by atoms with van der Waals surface area (Å²) >= 11 is 3.49. The fourth-order valence-corrected chi connectivity index (χ4v) is 19.6. The second-order valence-corrected chi connectivity index (χ2v) is 40.1. The first-order valence-electron chi connectivity index (χ1n) is 48.0. The summed E-state index contributed by atoms with van der Waals surface area (Å²) in [6.07, 6.45) is 35.9. The van der Waals surface area contributed by atoms with E-state index in [9.17, 15) is 0 Å². The van der Waals surface area contributed by atoms with Crippen LogP contribution in [0.3, 0.4) is 0 Å². The average molecular weight is 1730 g/mol. The highest BCUT2D eigenvalue weighted by Gasteiger charge is 2.56. The van der Waals surface area contributed by atoms with Crippen molar-refractivity contribution < 1.29 is 27.9 Å². The van der Waals surface area contributed by atoms with Crippen LogP contribution in [-0.2, 0) is 38.8 Å². The second kappa shape index (κ2) is 42.0. The van der Waals surface area contributed by atoms with Gasteiger partial charge in [0.1, 0.15) is 0 Å². The Morgan fingerprint density at radius 2 is 0.452 bits per heavy atom. The largest absolute Gasteiger partial charge is 0.494 e. The first kappa shape index (κ1) is 93.9. The van der Waals surface area contributed by atoms with Gasteiger partial charge in [0, 0.05) is 49.4 Å². The van der Waals surface area contributed by atoms with Crippen molar-refractivity contribution in [3.63, 3.8) is 0 Å². The van der Waals surface area contributed by atoms with Crippen molar-refractivity contribution in [3.8, 4) is 33.4 Å². The fourth-order valence-electron chi connectivity index (χ4n) is 19.4. The van der Waals surface area contributed by atoms with E-state index in [-0.39, 0.29) is 65.8 Å². The molecule has 3 heterocycles. The zero-order valence-corrected chi connectivity index (χ0v) is 79.9. The number of benzene rings is 10. The van der Waals surface area contributed by atoms with Crippen LogP contribution in [0.25, 0.3) is 33.4 Å². The number of hydrogen-bond donors (Lipinski definition) is 0. The van der Waals surface area contributed by atoms with Crippen LogP contribution in [-0.4, -0.2) is 55.0 Å². The van der Waals surface area contributed by atoms with Crippen LogP contribution < -0.4 is 26.2 Å². The summed E-state index contributed by atoms with van der Waals surface area (Å²) in [5, 5.41) is 0. The summed E-state index contributed by atoms with van der Waals surface area (Å²) in [5.74, 6) is 0. The summed E-state index contributed by atoms with van der Waals surface area (Å²) in [6.45, 7) is 35.0. The minimum Gasteiger partial charge on any atom is -0.399 e. The van der Waals surface area contributed by atoms with Gasteiger partial charge >= 0.3 is 21.4 Å². The van der Waals surface area contributed by atoms with Gasteiger partial charge in [0.05, 0.1) is 33.6 Å². The van der Waals surface area contributed by atoms with Gasteiger partial charge in [0.2, 0.25) is 0 Å². The number of halogens is 1. The van der Waals surface area contributed by atoms with Crippen molar-refractivity contribution in [1.82, 2.24) is 0 Å². The Kier molecular flexibility index (Phi) is 31.8. The van der Waals surface area contributed by atoms with Gasteiger partial charge < -0.3 is 37.7 Å². The lowest BCUT2D eigenvalue weighted by molar-refractivity contribution is 0.00578. The molecule has 10 aromatic rings. The molecule has 8 nitrogen and oxygen atoms in total. The molecule has 3 saturated heterocycles. The predicted octanol–water partition coefficient (Wildman–Crippen LogP) is 30.9. The third kappa shape index (κ3) is 21.5. The highest BCUT2D eigenvalue weighted by Crippen LogP contribution is 2.57. The Morgan fingerprint density at radius 3 is 0.718 bits per heavy atom. The summed E-state index contributed by atoms with van der Waals surface area (Å²) in [6, 6.07) is 88.3. The van der Waals surface area contributed by atoms with Crippen LogP contribution in [0.1, 0.15) is 313 Å². The second-order valence-electron chi connectivity index (χ2n) is 39.2. The molecule has 3 aliphatic heterocycles. The van der Waals surface area contributed by atoms with Gasteiger partial charge in [-0.25, -0.2) is 0 Å². The summed E-state index contributed by atoms with van der Waals surface area (Å²) in [7, 11) is -1.10. The minimum absolute atomic E-state index is 0.0484. The van der Waals surface area contributed by atoms with Crippen LogP contribution in [0.4, 0.5) is 34.1 Å². The summed E-state index contributed by atoms with van der Waals surface area (Å²) in [5.41, 5.74) is 22.0. The molecule has 654 valence electrons. The molecular weight excluding hydrogens is 1580 g/mol. The van der Waals surface area contributed by atoms with Gasteiger partial charge in [0.15, 0.2) is 0 Å². The standard InChI is InChI=1S/C53H66BNO2.C41H64B2O4.C18H14BrN/c1-7-9-11-13-15-23-37-53(38-24-16-14-12-10-8-2)49-39-42(31-35-47(49)48-36-32-43(40-50(48)53)54-56-51(3,4)52(5,6)57-54)41-29-33-46(34-30-41)55(44-25-19-17-20-26-44)45-27-21-18-22-28-45;1-11-13-15-17-19-21-27-41(28-22-20-18-16-14-12-2)35-29-31(42-44-37(3,4)38(5,6)45-42)23-25-33(35)34-26-24-32(30-36(34)41)43-46-39(7,8)40(9,10)47-43;19-15-11-13-18(14-12-15)20(16-7-3-1-4-8-16)17-9-5-2-6-10-17/h17-22,25-36,39-40H,7-16,23-24,37-38H2,1-6H3;23-26,29-30H,11-22,27-28H2,1-10H3;1-14H. The lowest BCUT2D eigenvalue weighted by Gasteiger charge is -2.33. The number of para-hydroxylation sites is 4. The first-order chi connectivity index (χ1) is 59.7. The Hall–Kier alpha value is -7.77. The van der Waals surface area contributed by atoms with Gasteiger partial charge in [-0.1, -0.05) is 349 Å². The molecule has 15 rings (SSSR count). The maximum Gasteiger partial charge on any atom is 0.494 e. The van der Waals surface area contributed by atoms with Crippen molar-refractivity contribution in [1.29, 1.82) is 0 Å². The number of fused-ring (bicyclic) bond motifs is 6. The van der Waals surface area contributed by atoms with Gasteiger partial charge in [-0.05, 0) is 272 Å².